The minimum atomic E-state index is -0.280. The Morgan fingerprint density at radius 1 is 0.419 bits per heavy atom. The largest absolute Gasteiger partial charge is 0.421 e. The van der Waals surface area contributed by atoms with E-state index >= 15 is 0 Å². The average Bonchev–Trinajstić information content (AvgIpc) is 1.56. The van der Waals surface area contributed by atoms with Gasteiger partial charge in [0.1, 0.15) is 69.8 Å². The maximum absolute atomic E-state index is 14.5. The molecule has 12 aromatic rings. The van der Waals surface area contributed by atoms with Gasteiger partial charge < -0.3 is 76.6 Å². The van der Waals surface area contributed by atoms with Crippen LogP contribution >= 0.6 is 0 Å². The van der Waals surface area contributed by atoms with E-state index in [1.807, 2.05) is 28.2 Å². The van der Waals surface area contributed by atoms with Crippen molar-refractivity contribution in [2.45, 2.75) is 170 Å². The lowest BCUT2D eigenvalue weighted by Crippen LogP contribution is -2.68. The van der Waals surface area contributed by atoms with Gasteiger partial charge in [-0.05, 0) is 221 Å². The summed E-state index contributed by atoms with van der Waals surface area (Å²) in [6.07, 6.45) is 33.1. The highest BCUT2D eigenvalue weighted by Gasteiger charge is 2.60. The molecule has 28 rings (SSSR count). The molecule has 4 aromatic carbocycles. The van der Waals surface area contributed by atoms with E-state index in [0.717, 1.165) is 308 Å². The number of hydrogen-bond donors (Lipinski definition) is 8. The SMILES string of the molecule is CNc1cc(F)cc2c1Cc1nc(Oc3cnc(C4CC4)nc3)nc(N3CC4CC4(CN)C3)c1-2.CNc1cc(F)cc2c1Cc1nc(Oc3cnc(C4CC4)nc3)nc(N3CC4CCNC3C4)c1-2.CNc1cc(F)cc2c1Cc1nc(Oc3cnc(C4CC4)nc3)nc(N3CC4NCCCC43)c1-2.CNc1cc(F)cc2c1Cc1nc(Oc3cnc(C4CC4)nc3)nc(N3CC[C@@]4(C[C@H]4N)C3)c1-2. The number of hydrogen-bond acceptors (Lipinski definition) is 32. The van der Waals surface area contributed by atoms with Gasteiger partial charge in [-0.2, -0.15) is 39.9 Å². The molecule has 136 heavy (non-hydrogen) atoms. The third kappa shape index (κ3) is 15.6. The molecule has 0 amide bonds. The molecule has 696 valence electrons. The van der Waals surface area contributed by atoms with Crippen LogP contribution in [-0.2, 0) is 25.7 Å². The molecular weight excluding hydrogens is 1730 g/mol. The minimum absolute atomic E-state index is 0.171. The van der Waals surface area contributed by atoms with Gasteiger partial charge in [-0.1, -0.05) is 0 Å². The fourth-order valence-corrected chi connectivity index (χ4v) is 22.4. The lowest BCUT2D eigenvalue weighted by Gasteiger charge is -2.52. The van der Waals surface area contributed by atoms with E-state index < -0.39 is 0 Å². The molecular formula is C100H104F4N28O4. The van der Waals surface area contributed by atoms with E-state index in [1.165, 1.54) is 12.1 Å². The fourth-order valence-electron chi connectivity index (χ4n) is 22.4. The number of rotatable bonds is 21. The van der Waals surface area contributed by atoms with Crippen LogP contribution in [-0.4, -0.2) is 191 Å². The predicted octanol–water partition coefficient (Wildman–Crippen LogP) is 14.6. The van der Waals surface area contributed by atoms with E-state index in [0.29, 0.717) is 103 Å². The van der Waals surface area contributed by atoms with Gasteiger partial charge in [-0.25, -0.2) is 57.4 Å². The van der Waals surface area contributed by atoms with E-state index in [2.05, 4.69) is 91.4 Å². The molecule has 6 saturated heterocycles. The average molecular weight is 1840 g/mol. The first-order valence-corrected chi connectivity index (χ1v) is 48.0. The third-order valence-electron chi connectivity index (χ3n) is 30.5. The van der Waals surface area contributed by atoms with Gasteiger partial charge in [0.25, 0.3) is 0 Å². The maximum Gasteiger partial charge on any atom is 0.324 e. The topological polar surface area (TPSA) is 380 Å². The molecule has 0 radical (unpaired) electrons. The van der Waals surface area contributed by atoms with E-state index in [9.17, 15) is 17.6 Å². The van der Waals surface area contributed by atoms with Gasteiger partial charge in [-0.15, -0.1) is 0 Å². The van der Waals surface area contributed by atoms with Gasteiger partial charge in [0, 0.05) is 191 Å². The molecule has 10 N–H and O–H groups in total. The van der Waals surface area contributed by atoms with E-state index in [4.69, 9.17) is 70.3 Å². The highest BCUT2D eigenvalue weighted by atomic mass is 19.1. The summed E-state index contributed by atoms with van der Waals surface area (Å²) in [6, 6.07) is 14.7. The number of benzene rings is 4. The molecule has 14 heterocycles. The Labute approximate surface area is 782 Å². The number of anilines is 8. The van der Waals surface area contributed by atoms with Crippen molar-refractivity contribution in [3.05, 3.63) is 190 Å². The molecule has 6 saturated carbocycles. The van der Waals surface area contributed by atoms with Crippen molar-refractivity contribution in [2.24, 2.45) is 34.1 Å². The Morgan fingerprint density at radius 3 is 1.14 bits per heavy atom. The normalized spacial score (nSPS) is 23.3. The molecule has 8 atom stereocenters. The first-order chi connectivity index (χ1) is 66.4. The maximum atomic E-state index is 14.5. The zero-order valence-electron chi connectivity index (χ0n) is 76.1. The summed E-state index contributed by atoms with van der Waals surface area (Å²) in [5, 5.41) is 19.8. The van der Waals surface area contributed by atoms with Crippen molar-refractivity contribution < 1.29 is 36.5 Å². The Kier molecular flexibility index (Phi) is 20.7. The summed E-state index contributed by atoms with van der Waals surface area (Å²) in [5.41, 5.74) is 30.4. The highest BCUT2D eigenvalue weighted by Crippen LogP contribution is 2.61. The Morgan fingerprint density at radius 2 is 0.794 bits per heavy atom. The second-order valence-corrected chi connectivity index (χ2v) is 39.5. The van der Waals surface area contributed by atoms with Gasteiger partial charge >= 0.3 is 24.0 Å². The monoisotopic (exact) mass is 1840 g/mol. The third-order valence-corrected chi connectivity index (χ3v) is 30.5. The number of nitrogens with zero attached hydrogens (tertiary/aromatic N) is 20. The molecule has 2 bridgehead atoms. The van der Waals surface area contributed by atoms with Crippen LogP contribution in [0.25, 0.3) is 44.5 Å². The first kappa shape index (κ1) is 84.4. The van der Waals surface area contributed by atoms with Gasteiger partial charge in [-0.3, -0.25) is 5.32 Å². The quantitative estimate of drug-likeness (QED) is 0.0310. The summed E-state index contributed by atoms with van der Waals surface area (Å²) < 4.78 is 82.3. The van der Waals surface area contributed by atoms with Crippen molar-refractivity contribution in [3.8, 4) is 91.5 Å². The fraction of sp³-hybridized carbons (Fsp3) is 0.440. The summed E-state index contributed by atoms with van der Waals surface area (Å²) in [5.74, 6) is 10.8. The minimum Gasteiger partial charge on any atom is -0.421 e. The molecule has 36 heteroatoms. The van der Waals surface area contributed by atoms with Crippen molar-refractivity contribution >= 4 is 46.0 Å². The first-order valence-electron chi connectivity index (χ1n) is 48.0. The molecule has 32 nitrogen and oxygen atoms in total. The molecule has 10 aliphatic carbocycles. The highest BCUT2D eigenvalue weighted by molar-refractivity contribution is 5.92. The van der Waals surface area contributed by atoms with E-state index in [-0.39, 0.29) is 70.3 Å². The summed E-state index contributed by atoms with van der Waals surface area (Å²) >= 11 is 0. The van der Waals surface area contributed by atoms with Crippen LogP contribution in [0.3, 0.4) is 0 Å². The number of piperidine rings is 3. The Balaban J connectivity index is 0.0000000965. The molecule has 16 aliphatic rings. The number of aromatic nitrogens is 16. The second-order valence-electron chi connectivity index (χ2n) is 39.5. The zero-order valence-corrected chi connectivity index (χ0v) is 76.1. The molecule has 6 aliphatic heterocycles. The summed E-state index contributed by atoms with van der Waals surface area (Å²) in [7, 11) is 7.25. The van der Waals surface area contributed by atoms with Crippen LogP contribution in [0.5, 0.6) is 47.0 Å². The van der Waals surface area contributed by atoms with Crippen LogP contribution in [0.15, 0.2) is 98.1 Å². The van der Waals surface area contributed by atoms with Crippen LogP contribution in [0.2, 0.25) is 0 Å². The second kappa shape index (κ2) is 33.3. The number of halogens is 4. The number of ether oxygens (including phenoxy) is 4. The van der Waals surface area contributed by atoms with Gasteiger partial charge in [0.05, 0.1) is 78.5 Å². The van der Waals surface area contributed by atoms with Crippen molar-refractivity contribution in [2.75, 3.05) is 128 Å². The molecule has 6 unspecified atom stereocenters. The van der Waals surface area contributed by atoms with Crippen LogP contribution in [0.1, 0.15) is 188 Å². The molecule has 1 spiro atoms. The number of nitrogens with one attached hydrogen (secondary N) is 6. The van der Waals surface area contributed by atoms with Crippen LogP contribution in [0, 0.1) is 45.9 Å². The molecule has 8 aromatic heterocycles. The lowest BCUT2D eigenvalue weighted by atomic mass is 9.88. The predicted molar refractivity (Wildman–Crippen MR) is 503 cm³/mol. The standard InChI is InChI=1S/4C25H26FN7O/c1-28-19-5-15(26)4-18-17(19)6-20-21(18)23(33-10-14-7-25(14,11-27)12-33)32-24(31-20)34-16-8-29-22(30-9-16)13-2-3-13;1-27-19-8-15(26)7-18-17(19)9-20-22(18)24(33-12-13-4-5-28-21(33)6-13)32-25(31-20)34-16-10-29-23(30-11-16)14-2-3-14;1-28-18-7-14(26)6-17-16(18)8-19-21(17)23(33-5-4-25(12-33)9-20(25)27)32-24(31-19)34-15-10-29-22(30-11-15)13-2-3-13;1-27-18-8-14(26)7-17-16(18)9-19-22(17)24(33-12-20-21(33)3-2-6-28-20)32-25(31-19)34-15-10-29-23(30-11-15)13-4-5-13/h4-5,8-9,13-14,28H,2-3,6-7,10-12,27H2,1H3;7-8,10-11,13-14,21,27-28H,2-6,9,12H2,1H3;6-7,10-11,13,20,28H,2-5,8-9,12,27H2,1H3;7-8,10-11,13,20-21,27-28H,2-6,9,12H2,1H3/t;;20-,25-;/m..1./s1. The lowest BCUT2D eigenvalue weighted by molar-refractivity contribution is 0.256. The van der Waals surface area contributed by atoms with Crippen molar-refractivity contribution in [1.29, 1.82) is 0 Å². The summed E-state index contributed by atoms with van der Waals surface area (Å²) in [6.45, 7) is 7.97. The number of fused-ring (bicyclic) bond motifs is 16. The Bertz CT molecular complexity index is 6360. The van der Waals surface area contributed by atoms with Crippen molar-refractivity contribution in [1.82, 2.24) is 90.4 Å². The molecule has 12 fully saturated rings. The van der Waals surface area contributed by atoms with Crippen molar-refractivity contribution in [3.63, 3.8) is 0 Å². The Hall–Kier alpha value is -13.3. The van der Waals surface area contributed by atoms with Gasteiger partial charge in [0.2, 0.25) is 0 Å². The van der Waals surface area contributed by atoms with Crippen LogP contribution < -0.4 is 81.9 Å². The van der Waals surface area contributed by atoms with Crippen LogP contribution in [0.4, 0.5) is 63.6 Å². The zero-order chi connectivity index (χ0) is 91.7. The smallest absolute Gasteiger partial charge is 0.324 e. The van der Waals surface area contributed by atoms with E-state index in [1.54, 1.807) is 86.0 Å². The van der Waals surface area contributed by atoms with Gasteiger partial charge in [0.15, 0.2) is 23.0 Å². The summed E-state index contributed by atoms with van der Waals surface area (Å²) in [4.78, 5) is 83.3. The number of nitrogens with two attached hydrogens (primary N) is 2.